The molecule has 0 atom stereocenters. The summed E-state index contributed by atoms with van der Waals surface area (Å²) in [7, 11) is 1.72. The van der Waals surface area contributed by atoms with Crippen molar-refractivity contribution in [3.05, 3.63) is 69.5 Å². The van der Waals surface area contributed by atoms with Crippen LogP contribution in [0.25, 0.3) is 10.9 Å². The van der Waals surface area contributed by atoms with Crippen molar-refractivity contribution in [3.63, 3.8) is 0 Å². The van der Waals surface area contributed by atoms with E-state index in [4.69, 9.17) is 11.6 Å². The fourth-order valence-electron chi connectivity index (χ4n) is 2.56. The second kappa shape index (κ2) is 7.44. The van der Waals surface area contributed by atoms with Crippen molar-refractivity contribution in [2.45, 2.75) is 19.5 Å². The topological polar surface area (TPSA) is 68.1 Å². The Kier molecular flexibility index (Phi) is 5.09. The van der Waals surface area contributed by atoms with E-state index in [-0.39, 0.29) is 24.4 Å². The van der Waals surface area contributed by atoms with E-state index in [1.165, 1.54) is 4.68 Å². The quantitative estimate of drug-likeness (QED) is 0.704. The number of hydrogen-bond acceptors (Lipinski definition) is 4. The molecule has 0 aliphatic rings. The molecule has 1 heterocycles. The van der Waals surface area contributed by atoms with Crippen molar-refractivity contribution in [2.24, 2.45) is 0 Å². The zero-order valence-electron chi connectivity index (χ0n) is 13.7. The zero-order chi connectivity index (χ0) is 17.8. The van der Waals surface area contributed by atoms with Crippen molar-refractivity contribution in [2.75, 3.05) is 7.05 Å². The SMILES string of the molecule is CN(Cc1cccc(Cl)c1)C(=O)CCn1nnc2ccccc2c1=O. The lowest BCUT2D eigenvalue weighted by molar-refractivity contribution is -0.130. The Morgan fingerprint density at radius 3 is 2.80 bits per heavy atom. The molecule has 2 aromatic carbocycles. The van der Waals surface area contributed by atoms with Crippen molar-refractivity contribution in [3.8, 4) is 0 Å². The summed E-state index contributed by atoms with van der Waals surface area (Å²) in [6.45, 7) is 0.646. The molecule has 0 fully saturated rings. The number of rotatable bonds is 5. The predicted molar refractivity (Wildman–Crippen MR) is 96.3 cm³/mol. The van der Waals surface area contributed by atoms with Crippen molar-refractivity contribution < 1.29 is 4.79 Å². The maximum absolute atomic E-state index is 12.4. The molecule has 7 heteroatoms. The third kappa shape index (κ3) is 4.03. The molecule has 0 saturated heterocycles. The molecule has 0 unspecified atom stereocenters. The van der Waals surface area contributed by atoms with Gasteiger partial charge in [0.1, 0.15) is 5.52 Å². The lowest BCUT2D eigenvalue weighted by Crippen LogP contribution is -2.30. The highest BCUT2D eigenvalue weighted by Gasteiger charge is 2.12. The van der Waals surface area contributed by atoms with Crippen LogP contribution >= 0.6 is 11.6 Å². The standard InChI is InChI=1S/C18H17ClN4O2/c1-22(12-13-5-4-6-14(19)11-13)17(24)9-10-23-18(25)15-7-2-3-8-16(15)20-21-23/h2-8,11H,9-10,12H2,1H3. The molecular formula is C18H17ClN4O2. The maximum Gasteiger partial charge on any atom is 0.277 e. The van der Waals surface area contributed by atoms with E-state index in [2.05, 4.69) is 10.3 Å². The summed E-state index contributed by atoms with van der Waals surface area (Å²) in [5, 5.41) is 9.05. The average molecular weight is 357 g/mol. The number of nitrogens with zero attached hydrogens (tertiary/aromatic N) is 4. The molecule has 3 rings (SSSR count). The molecule has 0 radical (unpaired) electrons. The summed E-state index contributed by atoms with van der Waals surface area (Å²) in [5.41, 5.74) is 1.26. The van der Waals surface area contributed by atoms with Crippen LogP contribution in [0, 0.1) is 0 Å². The highest BCUT2D eigenvalue weighted by Crippen LogP contribution is 2.12. The Morgan fingerprint density at radius 1 is 1.20 bits per heavy atom. The van der Waals surface area contributed by atoms with Gasteiger partial charge in [0.25, 0.3) is 5.56 Å². The first-order valence-electron chi connectivity index (χ1n) is 7.85. The third-order valence-corrected chi connectivity index (χ3v) is 4.14. The van der Waals surface area contributed by atoms with Crippen molar-refractivity contribution >= 4 is 28.4 Å². The van der Waals surface area contributed by atoms with Gasteiger partial charge >= 0.3 is 0 Å². The monoisotopic (exact) mass is 356 g/mol. The van der Waals surface area contributed by atoms with Crippen LogP contribution < -0.4 is 5.56 Å². The minimum atomic E-state index is -0.240. The molecule has 1 amide bonds. The van der Waals surface area contributed by atoms with Gasteiger partial charge in [0.05, 0.1) is 11.9 Å². The molecule has 0 aliphatic carbocycles. The average Bonchev–Trinajstić information content (AvgIpc) is 2.61. The van der Waals surface area contributed by atoms with E-state index in [1.807, 2.05) is 18.2 Å². The first kappa shape index (κ1) is 17.1. The van der Waals surface area contributed by atoms with Gasteiger partial charge in [0, 0.05) is 25.0 Å². The zero-order valence-corrected chi connectivity index (χ0v) is 14.5. The maximum atomic E-state index is 12.4. The summed E-state index contributed by atoms with van der Waals surface area (Å²) >= 11 is 5.96. The van der Waals surface area contributed by atoms with E-state index in [9.17, 15) is 9.59 Å². The fraction of sp³-hybridized carbons (Fsp3) is 0.222. The number of halogens is 1. The molecule has 0 N–H and O–H groups in total. The minimum absolute atomic E-state index is 0.0816. The van der Waals surface area contributed by atoms with Gasteiger partial charge in [-0.25, -0.2) is 4.68 Å². The smallest absolute Gasteiger partial charge is 0.277 e. The van der Waals surface area contributed by atoms with Gasteiger partial charge in [-0.1, -0.05) is 41.1 Å². The number of carbonyl (C=O) groups excluding carboxylic acids is 1. The molecule has 1 aromatic heterocycles. The van der Waals surface area contributed by atoms with E-state index >= 15 is 0 Å². The van der Waals surface area contributed by atoms with Gasteiger partial charge in [-0.05, 0) is 29.8 Å². The first-order chi connectivity index (χ1) is 12.0. The lowest BCUT2D eigenvalue weighted by Gasteiger charge is -2.17. The minimum Gasteiger partial charge on any atom is -0.341 e. The highest BCUT2D eigenvalue weighted by molar-refractivity contribution is 6.30. The number of aryl methyl sites for hydroxylation is 1. The Labute approximate surface area is 149 Å². The second-order valence-corrected chi connectivity index (χ2v) is 6.20. The summed E-state index contributed by atoms with van der Waals surface area (Å²) in [6, 6.07) is 14.4. The Balaban J connectivity index is 1.66. The summed E-state index contributed by atoms with van der Waals surface area (Å²) in [6.07, 6.45) is 0.171. The van der Waals surface area contributed by atoms with Crippen LogP contribution in [-0.2, 0) is 17.9 Å². The Hall–Kier alpha value is -2.73. The number of amides is 1. The van der Waals surface area contributed by atoms with Gasteiger partial charge < -0.3 is 4.90 Å². The molecule has 6 nitrogen and oxygen atoms in total. The fourth-order valence-corrected chi connectivity index (χ4v) is 2.77. The molecule has 25 heavy (non-hydrogen) atoms. The summed E-state index contributed by atoms with van der Waals surface area (Å²) in [4.78, 5) is 26.3. The van der Waals surface area contributed by atoms with Gasteiger partial charge in [-0.15, -0.1) is 5.10 Å². The van der Waals surface area contributed by atoms with E-state index in [0.717, 1.165) is 5.56 Å². The summed E-state index contributed by atoms with van der Waals surface area (Å²) in [5.74, 6) is -0.0816. The Morgan fingerprint density at radius 2 is 2.00 bits per heavy atom. The van der Waals surface area contributed by atoms with Gasteiger partial charge in [0.15, 0.2) is 0 Å². The molecule has 0 bridgehead atoms. The van der Waals surface area contributed by atoms with Crippen LogP contribution in [-0.4, -0.2) is 32.8 Å². The number of benzene rings is 2. The van der Waals surface area contributed by atoms with Gasteiger partial charge in [-0.3, -0.25) is 9.59 Å². The molecule has 0 saturated carbocycles. The first-order valence-corrected chi connectivity index (χ1v) is 8.23. The van der Waals surface area contributed by atoms with Crippen molar-refractivity contribution in [1.82, 2.24) is 19.9 Å². The number of hydrogen-bond donors (Lipinski definition) is 0. The molecule has 3 aromatic rings. The highest BCUT2D eigenvalue weighted by atomic mass is 35.5. The second-order valence-electron chi connectivity index (χ2n) is 5.76. The van der Waals surface area contributed by atoms with Crippen LogP contribution in [0.3, 0.4) is 0 Å². The molecule has 0 spiro atoms. The van der Waals surface area contributed by atoms with E-state index in [1.54, 1.807) is 42.3 Å². The van der Waals surface area contributed by atoms with Crippen molar-refractivity contribution in [1.29, 1.82) is 0 Å². The van der Waals surface area contributed by atoms with E-state index < -0.39 is 0 Å². The Bertz CT molecular complexity index is 970. The molecule has 128 valence electrons. The summed E-state index contributed by atoms with van der Waals surface area (Å²) < 4.78 is 1.23. The normalized spacial score (nSPS) is 10.8. The largest absolute Gasteiger partial charge is 0.341 e. The molecular weight excluding hydrogens is 340 g/mol. The number of fused-ring (bicyclic) bond motifs is 1. The van der Waals surface area contributed by atoms with Gasteiger partial charge in [-0.2, -0.15) is 0 Å². The van der Waals surface area contributed by atoms with Crippen LogP contribution in [0.1, 0.15) is 12.0 Å². The van der Waals surface area contributed by atoms with Crippen LogP contribution in [0.2, 0.25) is 5.02 Å². The van der Waals surface area contributed by atoms with E-state index in [0.29, 0.717) is 22.5 Å². The third-order valence-electron chi connectivity index (χ3n) is 3.90. The van der Waals surface area contributed by atoms with Crippen LogP contribution in [0.4, 0.5) is 0 Å². The van der Waals surface area contributed by atoms with Crippen LogP contribution in [0.15, 0.2) is 53.3 Å². The predicted octanol–water partition coefficient (Wildman–Crippen LogP) is 2.49. The number of carbonyl (C=O) groups is 1. The number of aromatic nitrogens is 3. The van der Waals surface area contributed by atoms with Gasteiger partial charge in [0.2, 0.25) is 5.91 Å². The molecule has 0 aliphatic heterocycles. The lowest BCUT2D eigenvalue weighted by atomic mass is 10.2. The van der Waals surface area contributed by atoms with Crippen LogP contribution in [0.5, 0.6) is 0 Å².